The molecule has 1 amide bonds. The quantitative estimate of drug-likeness (QED) is 0.530. The molecule has 0 spiro atoms. The molecule has 1 aliphatic rings. The van der Waals surface area contributed by atoms with Crippen LogP contribution >= 0.6 is 0 Å². The fourth-order valence-corrected chi connectivity index (χ4v) is 4.06. The number of anilines is 1. The summed E-state index contributed by atoms with van der Waals surface area (Å²) in [5.41, 5.74) is 9.51. The largest absolute Gasteiger partial charge is 0.493 e. The molecule has 2 aromatic rings. The molecule has 1 atom stereocenters. The molecule has 0 bridgehead atoms. The number of methoxy groups -OCH3 is 1. The number of nitrogens with zero attached hydrogens (tertiary/aromatic N) is 1. The van der Waals surface area contributed by atoms with Gasteiger partial charge in [0.1, 0.15) is 17.4 Å². The molecule has 0 saturated carbocycles. The van der Waals surface area contributed by atoms with E-state index in [2.05, 4.69) is 5.32 Å². The van der Waals surface area contributed by atoms with Gasteiger partial charge in [-0.2, -0.15) is 5.26 Å². The monoisotopic (exact) mass is 491 g/mol. The average molecular weight is 492 g/mol. The van der Waals surface area contributed by atoms with Crippen molar-refractivity contribution in [1.82, 2.24) is 0 Å². The fraction of sp³-hybridized carbons (Fsp3) is 0.296. The van der Waals surface area contributed by atoms with E-state index in [0.29, 0.717) is 22.7 Å². The minimum Gasteiger partial charge on any atom is -0.493 e. The van der Waals surface area contributed by atoms with Crippen LogP contribution in [0.3, 0.4) is 0 Å². The second-order valence-electron chi connectivity index (χ2n) is 8.24. The van der Waals surface area contributed by atoms with Crippen molar-refractivity contribution in [2.24, 2.45) is 5.73 Å². The lowest BCUT2D eigenvalue weighted by Crippen LogP contribution is -2.25. The van der Waals surface area contributed by atoms with Gasteiger partial charge in [0.05, 0.1) is 25.2 Å². The molecule has 2 aromatic carbocycles. The Bertz CT molecular complexity index is 1270. The van der Waals surface area contributed by atoms with Crippen molar-refractivity contribution in [2.75, 3.05) is 25.6 Å². The Morgan fingerprint density at radius 3 is 2.42 bits per heavy atom. The lowest BCUT2D eigenvalue weighted by atomic mass is 9.83. The van der Waals surface area contributed by atoms with Crippen LogP contribution in [0, 0.1) is 25.2 Å². The molecule has 188 valence electrons. The first kappa shape index (κ1) is 26.2. The van der Waals surface area contributed by atoms with E-state index in [0.717, 1.165) is 11.1 Å². The van der Waals surface area contributed by atoms with E-state index in [1.807, 2.05) is 38.1 Å². The molecule has 1 aliphatic heterocycles. The van der Waals surface area contributed by atoms with E-state index in [4.69, 9.17) is 24.7 Å². The van der Waals surface area contributed by atoms with Gasteiger partial charge in [0.25, 0.3) is 5.91 Å². The highest BCUT2D eigenvalue weighted by atomic mass is 16.5. The zero-order valence-electron chi connectivity index (χ0n) is 20.9. The van der Waals surface area contributed by atoms with Crippen LogP contribution < -0.4 is 20.5 Å². The van der Waals surface area contributed by atoms with Crippen molar-refractivity contribution in [1.29, 1.82) is 5.26 Å². The van der Waals surface area contributed by atoms with Gasteiger partial charge < -0.3 is 30.0 Å². The molecular formula is C27H29N3O6. The summed E-state index contributed by atoms with van der Waals surface area (Å²) in [5, 5.41) is 12.6. The molecular weight excluding hydrogens is 462 g/mol. The van der Waals surface area contributed by atoms with E-state index in [1.165, 1.54) is 7.11 Å². The number of ether oxygens (including phenoxy) is 4. The molecule has 0 aromatic heterocycles. The Morgan fingerprint density at radius 2 is 1.81 bits per heavy atom. The van der Waals surface area contributed by atoms with Gasteiger partial charge in [-0.3, -0.25) is 4.79 Å². The number of esters is 1. The number of nitrogens with one attached hydrogen (secondary N) is 1. The summed E-state index contributed by atoms with van der Waals surface area (Å²) >= 11 is 0. The van der Waals surface area contributed by atoms with E-state index < -0.39 is 11.9 Å². The average Bonchev–Trinajstić information content (AvgIpc) is 2.81. The van der Waals surface area contributed by atoms with Crippen LogP contribution in [0.15, 0.2) is 59.2 Å². The summed E-state index contributed by atoms with van der Waals surface area (Å²) in [6, 6.07) is 12.7. The SMILES string of the molecule is CCOC(=O)C1=C(C)OC(N)=C(C#N)C1c1ccc(OCC(=O)Nc2cc(C)cc(C)c2)c(OC)c1. The molecule has 3 N–H and O–H groups in total. The lowest BCUT2D eigenvalue weighted by molar-refractivity contribution is -0.139. The molecule has 3 rings (SSSR count). The van der Waals surface area contributed by atoms with Crippen LogP contribution in [0.1, 0.15) is 36.5 Å². The fourth-order valence-electron chi connectivity index (χ4n) is 4.06. The molecule has 1 unspecified atom stereocenters. The first-order chi connectivity index (χ1) is 17.2. The number of allylic oxidation sites excluding steroid dienone is 2. The van der Waals surface area contributed by atoms with Gasteiger partial charge in [-0.25, -0.2) is 4.79 Å². The van der Waals surface area contributed by atoms with Gasteiger partial charge in [0.2, 0.25) is 5.88 Å². The van der Waals surface area contributed by atoms with Gasteiger partial charge in [0.15, 0.2) is 18.1 Å². The number of hydrogen-bond acceptors (Lipinski definition) is 8. The molecule has 0 fully saturated rings. The van der Waals surface area contributed by atoms with E-state index >= 15 is 0 Å². The Balaban J connectivity index is 1.86. The number of nitriles is 1. The van der Waals surface area contributed by atoms with Crippen LogP contribution in [0.25, 0.3) is 0 Å². The minimum absolute atomic E-state index is 0.0761. The molecule has 0 saturated heterocycles. The van der Waals surface area contributed by atoms with E-state index in [1.54, 1.807) is 32.0 Å². The first-order valence-corrected chi connectivity index (χ1v) is 11.3. The highest BCUT2D eigenvalue weighted by molar-refractivity contribution is 5.93. The summed E-state index contributed by atoms with van der Waals surface area (Å²) in [5.74, 6) is -0.970. The summed E-state index contributed by atoms with van der Waals surface area (Å²) in [6.45, 7) is 7.09. The summed E-state index contributed by atoms with van der Waals surface area (Å²) in [7, 11) is 1.45. The number of benzene rings is 2. The smallest absolute Gasteiger partial charge is 0.338 e. The van der Waals surface area contributed by atoms with Crippen LogP contribution in [-0.2, 0) is 19.1 Å². The molecule has 0 aliphatic carbocycles. The van der Waals surface area contributed by atoms with Crippen molar-refractivity contribution in [3.63, 3.8) is 0 Å². The third kappa shape index (κ3) is 5.78. The maximum absolute atomic E-state index is 12.7. The van der Waals surface area contributed by atoms with Crippen LogP contribution in [0.5, 0.6) is 11.5 Å². The Labute approximate surface area is 210 Å². The number of nitrogens with two attached hydrogens (primary N) is 1. The molecule has 9 nitrogen and oxygen atoms in total. The van der Waals surface area contributed by atoms with Crippen LogP contribution in [0.2, 0.25) is 0 Å². The third-order valence-corrected chi connectivity index (χ3v) is 5.49. The maximum Gasteiger partial charge on any atom is 0.338 e. The van der Waals surface area contributed by atoms with E-state index in [-0.39, 0.29) is 41.9 Å². The van der Waals surface area contributed by atoms with Gasteiger partial charge >= 0.3 is 5.97 Å². The number of carbonyl (C=O) groups is 2. The van der Waals surface area contributed by atoms with Crippen molar-refractivity contribution >= 4 is 17.6 Å². The minimum atomic E-state index is -0.821. The second kappa shape index (κ2) is 11.3. The second-order valence-corrected chi connectivity index (χ2v) is 8.24. The topological polar surface area (TPSA) is 133 Å². The number of hydrogen-bond donors (Lipinski definition) is 2. The predicted molar refractivity (Wildman–Crippen MR) is 133 cm³/mol. The lowest BCUT2D eigenvalue weighted by Gasteiger charge is -2.27. The summed E-state index contributed by atoms with van der Waals surface area (Å²) in [6.07, 6.45) is 0. The van der Waals surface area contributed by atoms with Crippen molar-refractivity contribution in [2.45, 2.75) is 33.6 Å². The number of aryl methyl sites for hydroxylation is 2. The maximum atomic E-state index is 12.7. The third-order valence-electron chi connectivity index (χ3n) is 5.49. The van der Waals surface area contributed by atoms with Gasteiger partial charge in [-0.15, -0.1) is 0 Å². The van der Waals surface area contributed by atoms with Gasteiger partial charge in [-0.1, -0.05) is 12.1 Å². The van der Waals surface area contributed by atoms with Crippen molar-refractivity contribution < 1.29 is 28.5 Å². The predicted octanol–water partition coefficient (Wildman–Crippen LogP) is 3.97. The molecule has 9 heteroatoms. The van der Waals surface area contributed by atoms with Crippen LogP contribution in [-0.4, -0.2) is 32.2 Å². The Hall–Kier alpha value is -4.45. The first-order valence-electron chi connectivity index (χ1n) is 11.3. The number of carbonyl (C=O) groups excluding carboxylic acids is 2. The molecule has 0 radical (unpaired) electrons. The summed E-state index contributed by atoms with van der Waals surface area (Å²) < 4.78 is 21.8. The van der Waals surface area contributed by atoms with E-state index in [9.17, 15) is 14.9 Å². The van der Waals surface area contributed by atoms with Gasteiger partial charge in [0, 0.05) is 5.69 Å². The summed E-state index contributed by atoms with van der Waals surface area (Å²) in [4.78, 5) is 25.2. The normalized spacial score (nSPS) is 15.1. The Morgan fingerprint density at radius 1 is 1.11 bits per heavy atom. The highest BCUT2D eigenvalue weighted by Gasteiger charge is 2.36. The standard InChI is InChI=1S/C27H29N3O6/c1-6-34-27(32)24-17(4)36-26(29)20(13-28)25(24)18-7-8-21(22(12-18)33-5)35-14-23(31)30-19-10-15(2)9-16(3)11-19/h7-12,25H,6,14,29H2,1-5H3,(H,30,31). The zero-order chi connectivity index (χ0) is 26.4. The Kier molecular flexibility index (Phi) is 8.22. The highest BCUT2D eigenvalue weighted by Crippen LogP contribution is 2.42. The molecule has 1 heterocycles. The number of rotatable bonds is 8. The van der Waals surface area contributed by atoms with Crippen molar-refractivity contribution in [3.8, 4) is 17.6 Å². The van der Waals surface area contributed by atoms with Gasteiger partial charge in [-0.05, 0) is 68.7 Å². The molecule has 36 heavy (non-hydrogen) atoms. The zero-order valence-corrected chi connectivity index (χ0v) is 20.9. The van der Waals surface area contributed by atoms with Crippen LogP contribution in [0.4, 0.5) is 5.69 Å². The van der Waals surface area contributed by atoms with Crippen molar-refractivity contribution in [3.05, 3.63) is 75.9 Å². The number of amides is 1.